The number of hydrogen-bond donors (Lipinski definition) is 0. The van der Waals surface area contributed by atoms with Gasteiger partial charge in [0.1, 0.15) is 5.75 Å². The number of nitrogens with zero attached hydrogens (tertiary/aromatic N) is 1. The molecule has 0 saturated carbocycles. The van der Waals surface area contributed by atoms with Crippen molar-refractivity contribution in [2.45, 2.75) is 12.8 Å². The molecule has 0 atom stereocenters. The Morgan fingerprint density at radius 2 is 1.58 bits per heavy atom. The molecule has 2 heteroatoms. The van der Waals surface area contributed by atoms with E-state index in [1.807, 2.05) is 24.3 Å². The molecule has 2 aromatic carbocycles. The lowest BCUT2D eigenvalue weighted by atomic mass is 9.95. The lowest BCUT2D eigenvalue weighted by Crippen LogP contribution is -2.00. The Balaban J connectivity index is 2.29. The second-order valence-corrected chi connectivity index (χ2v) is 5.65. The molecule has 2 nitrogen and oxygen atoms in total. The summed E-state index contributed by atoms with van der Waals surface area (Å²) in [6.45, 7) is 7.79. The zero-order valence-corrected chi connectivity index (χ0v) is 14.0. The number of pyridine rings is 1. The van der Waals surface area contributed by atoms with Gasteiger partial charge in [0.2, 0.25) is 0 Å². The molecule has 0 fully saturated rings. The fourth-order valence-corrected chi connectivity index (χ4v) is 3.02. The van der Waals surface area contributed by atoms with Crippen LogP contribution in [0.2, 0.25) is 0 Å². The lowest BCUT2D eigenvalue weighted by molar-refractivity contribution is 0.415. The van der Waals surface area contributed by atoms with Gasteiger partial charge in [-0.05, 0) is 41.6 Å². The summed E-state index contributed by atoms with van der Waals surface area (Å²) in [5, 5.41) is 2.42. The van der Waals surface area contributed by atoms with Gasteiger partial charge in [-0.2, -0.15) is 0 Å². The van der Waals surface area contributed by atoms with E-state index in [1.54, 1.807) is 7.11 Å². The topological polar surface area (TPSA) is 22.1 Å². The van der Waals surface area contributed by atoms with Crippen LogP contribution in [0, 0.1) is 0 Å². The molecule has 0 saturated heterocycles. The first kappa shape index (κ1) is 16.0. The van der Waals surface area contributed by atoms with Gasteiger partial charge in [-0.1, -0.05) is 36.4 Å². The van der Waals surface area contributed by atoms with Crippen LogP contribution in [0.4, 0.5) is 0 Å². The maximum absolute atomic E-state index is 5.27. The molecule has 0 unspecified atom stereocenters. The number of methoxy groups -OCH3 is 1. The molecule has 0 bridgehead atoms. The lowest BCUT2D eigenvalue weighted by Gasteiger charge is -2.15. The molecule has 0 spiro atoms. The van der Waals surface area contributed by atoms with Crippen LogP contribution in [0.3, 0.4) is 0 Å². The van der Waals surface area contributed by atoms with Gasteiger partial charge in [-0.25, -0.2) is 0 Å². The molecule has 3 rings (SSSR count). The minimum Gasteiger partial charge on any atom is -0.497 e. The minimum atomic E-state index is 0.748. The standard InChI is InChI=1S/C22H21NO/c1-4-8-20-18-10-6-7-11-19(18)21(9-5-2)23-22(20)16-12-14-17(24-3)15-13-16/h4-7,10-15H,1-2,8-9H2,3H3. The molecule has 1 aromatic heterocycles. The van der Waals surface area contributed by atoms with Gasteiger partial charge in [-0.3, -0.25) is 4.98 Å². The van der Waals surface area contributed by atoms with Crippen molar-refractivity contribution in [1.82, 2.24) is 4.98 Å². The Bertz CT molecular complexity index is 878. The third-order valence-electron chi connectivity index (χ3n) is 4.15. The molecule has 1 heterocycles. The van der Waals surface area contributed by atoms with Crippen molar-refractivity contribution < 1.29 is 4.74 Å². The average Bonchev–Trinajstić information content (AvgIpc) is 2.64. The van der Waals surface area contributed by atoms with E-state index in [9.17, 15) is 0 Å². The van der Waals surface area contributed by atoms with Crippen molar-refractivity contribution in [3.8, 4) is 17.0 Å². The van der Waals surface area contributed by atoms with Crippen LogP contribution in [-0.4, -0.2) is 12.1 Å². The molecular weight excluding hydrogens is 294 g/mol. The van der Waals surface area contributed by atoms with Crippen molar-refractivity contribution >= 4 is 10.8 Å². The smallest absolute Gasteiger partial charge is 0.118 e. The first-order chi connectivity index (χ1) is 11.8. The van der Waals surface area contributed by atoms with Crippen molar-refractivity contribution in [2.75, 3.05) is 7.11 Å². The first-order valence-corrected chi connectivity index (χ1v) is 8.05. The summed E-state index contributed by atoms with van der Waals surface area (Å²) in [5.74, 6) is 0.844. The van der Waals surface area contributed by atoms with Crippen molar-refractivity contribution in [3.63, 3.8) is 0 Å². The fraction of sp³-hybridized carbons (Fsp3) is 0.136. The second kappa shape index (κ2) is 7.14. The van der Waals surface area contributed by atoms with Crippen LogP contribution >= 0.6 is 0 Å². The van der Waals surface area contributed by atoms with E-state index < -0.39 is 0 Å². The number of benzene rings is 2. The Morgan fingerprint density at radius 1 is 0.917 bits per heavy atom. The molecule has 0 aliphatic carbocycles. The number of aromatic nitrogens is 1. The van der Waals surface area contributed by atoms with Gasteiger partial charge in [0.15, 0.2) is 0 Å². The molecule has 0 radical (unpaired) electrons. The minimum absolute atomic E-state index is 0.748. The number of allylic oxidation sites excluding steroid dienone is 2. The number of ether oxygens (including phenoxy) is 1. The van der Waals surface area contributed by atoms with E-state index in [0.717, 1.165) is 35.5 Å². The molecule has 0 aliphatic heterocycles. The van der Waals surface area contributed by atoms with Gasteiger partial charge in [0.25, 0.3) is 0 Å². The quantitative estimate of drug-likeness (QED) is 0.571. The maximum Gasteiger partial charge on any atom is 0.118 e. The SMILES string of the molecule is C=CCc1nc(-c2ccc(OC)cc2)c(CC=C)c2ccccc12. The zero-order chi connectivity index (χ0) is 16.9. The molecule has 120 valence electrons. The van der Waals surface area contributed by atoms with Gasteiger partial charge in [-0.15, -0.1) is 13.2 Å². The van der Waals surface area contributed by atoms with E-state index in [2.05, 4.69) is 49.6 Å². The number of rotatable bonds is 6. The predicted octanol–water partition coefficient (Wildman–Crippen LogP) is 5.37. The summed E-state index contributed by atoms with van der Waals surface area (Å²) >= 11 is 0. The van der Waals surface area contributed by atoms with E-state index in [-0.39, 0.29) is 0 Å². The largest absolute Gasteiger partial charge is 0.497 e. The van der Waals surface area contributed by atoms with Crippen LogP contribution < -0.4 is 4.74 Å². The summed E-state index contributed by atoms with van der Waals surface area (Å²) < 4.78 is 5.27. The first-order valence-electron chi connectivity index (χ1n) is 8.05. The van der Waals surface area contributed by atoms with E-state index in [4.69, 9.17) is 9.72 Å². The summed E-state index contributed by atoms with van der Waals surface area (Å²) in [6.07, 6.45) is 5.37. The highest BCUT2D eigenvalue weighted by molar-refractivity contribution is 5.92. The zero-order valence-electron chi connectivity index (χ0n) is 14.0. The molecule has 0 aliphatic rings. The van der Waals surface area contributed by atoms with Crippen LogP contribution in [0.15, 0.2) is 73.8 Å². The summed E-state index contributed by atoms with van der Waals surface area (Å²) in [5.41, 5.74) is 4.36. The third-order valence-corrected chi connectivity index (χ3v) is 4.15. The molecule has 3 aromatic rings. The number of hydrogen-bond acceptors (Lipinski definition) is 2. The third kappa shape index (κ3) is 2.95. The Labute approximate surface area is 143 Å². The summed E-state index contributed by atoms with van der Waals surface area (Å²) in [7, 11) is 1.68. The Kier molecular flexibility index (Phi) is 4.76. The van der Waals surface area contributed by atoms with E-state index >= 15 is 0 Å². The number of fused-ring (bicyclic) bond motifs is 1. The molecule has 0 N–H and O–H groups in total. The summed E-state index contributed by atoms with van der Waals surface area (Å²) in [4.78, 5) is 4.98. The highest BCUT2D eigenvalue weighted by Crippen LogP contribution is 2.32. The average molecular weight is 315 g/mol. The van der Waals surface area contributed by atoms with Crippen LogP contribution in [-0.2, 0) is 12.8 Å². The normalized spacial score (nSPS) is 10.5. The van der Waals surface area contributed by atoms with Gasteiger partial charge >= 0.3 is 0 Å². The Hall–Kier alpha value is -2.87. The predicted molar refractivity (Wildman–Crippen MR) is 102 cm³/mol. The van der Waals surface area contributed by atoms with Crippen LogP contribution in [0.5, 0.6) is 5.75 Å². The summed E-state index contributed by atoms with van der Waals surface area (Å²) in [6, 6.07) is 16.5. The van der Waals surface area contributed by atoms with Gasteiger partial charge in [0, 0.05) is 17.4 Å². The van der Waals surface area contributed by atoms with Crippen LogP contribution in [0.1, 0.15) is 11.3 Å². The highest BCUT2D eigenvalue weighted by atomic mass is 16.5. The fourth-order valence-electron chi connectivity index (χ4n) is 3.02. The molecule has 24 heavy (non-hydrogen) atoms. The van der Waals surface area contributed by atoms with Gasteiger partial charge in [0.05, 0.1) is 18.5 Å². The van der Waals surface area contributed by atoms with Crippen LogP contribution in [0.25, 0.3) is 22.0 Å². The van der Waals surface area contributed by atoms with E-state index in [1.165, 1.54) is 16.3 Å². The van der Waals surface area contributed by atoms with Crippen molar-refractivity contribution in [1.29, 1.82) is 0 Å². The van der Waals surface area contributed by atoms with Crippen molar-refractivity contribution in [2.24, 2.45) is 0 Å². The van der Waals surface area contributed by atoms with E-state index in [0.29, 0.717) is 0 Å². The highest BCUT2D eigenvalue weighted by Gasteiger charge is 2.14. The monoisotopic (exact) mass is 315 g/mol. The molecule has 0 amide bonds. The molecular formula is C22H21NO. The second-order valence-electron chi connectivity index (χ2n) is 5.65. The van der Waals surface area contributed by atoms with Gasteiger partial charge < -0.3 is 4.74 Å². The Morgan fingerprint density at radius 3 is 2.21 bits per heavy atom. The van der Waals surface area contributed by atoms with Crippen molar-refractivity contribution in [3.05, 3.63) is 85.1 Å². The maximum atomic E-state index is 5.27.